The third kappa shape index (κ3) is 3.46. The number of benzene rings is 2. The van der Waals surface area contributed by atoms with Gasteiger partial charge in [-0.15, -0.1) is 0 Å². The topological polar surface area (TPSA) is 44.0 Å². The molecule has 0 aliphatic rings. The van der Waals surface area contributed by atoms with Crippen molar-refractivity contribution in [3.63, 3.8) is 0 Å². The monoisotopic (exact) mass is 324 g/mol. The zero-order valence-corrected chi connectivity index (χ0v) is 13.5. The molecule has 4 nitrogen and oxygen atoms in total. The summed E-state index contributed by atoms with van der Waals surface area (Å²) in [7, 11) is 1.50. The van der Waals surface area contributed by atoms with Crippen LogP contribution in [0, 0.1) is 0 Å². The molecule has 0 saturated heterocycles. The maximum absolute atomic E-state index is 12.5. The molecule has 0 bridgehead atoms. The predicted molar refractivity (Wildman–Crippen MR) is 92.1 cm³/mol. The molecule has 5 heteroatoms. The van der Waals surface area contributed by atoms with Crippen LogP contribution in [0.4, 0.5) is 0 Å². The molecule has 1 heterocycles. The standard InChI is InChI=1S/C18H16N2O2S/c1-19-16(21)12-17(23-15-10-6-3-7-11-15)20(18(19)22)13-14-8-4-2-5-9-14/h2-12H,13H2,1H3. The number of aromatic nitrogens is 2. The van der Waals surface area contributed by atoms with E-state index in [0.29, 0.717) is 11.6 Å². The van der Waals surface area contributed by atoms with Crippen molar-refractivity contribution in [1.29, 1.82) is 0 Å². The normalized spacial score (nSPS) is 10.7. The Labute approximate surface area is 138 Å². The lowest BCUT2D eigenvalue weighted by Crippen LogP contribution is -2.38. The average Bonchev–Trinajstić information content (AvgIpc) is 2.58. The Bertz CT molecular complexity index is 915. The highest BCUT2D eigenvalue weighted by atomic mass is 32.2. The molecule has 2 aromatic carbocycles. The maximum atomic E-state index is 12.5. The Morgan fingerprint density at radius 1 is 0.913 bits per heavy atom. The minimum atomic E-state index is -0.306. The first-order valence-corrected chi connectivity index (χ1v) is 8.04. The fourth-order valence-electron chi connectivity index (χ4n) is 2.26. The molecule has 116 valence electrons. The molecule has 0 N–H and O–H groups in total. The predicted octanol–water partition coefficient (Wildman–Crippen LogP) is 2.75. The first kappa shape index (κ1) is 15.4. The van der Waals surface area contributed by atoms with Crippen LogP contribution in [0.5, 0.6) is 0 Å². The van der Waals surface area contributed by atoms with Crippen molar-refractivity contribution >= 4 is 11.8 Å². The Kier molecular flexibility index (Phi) is 4.48. The summed E-state index contributed by atoms with van der Waals surface area (Å²) in [5.41, 5.74) is 0.417. The second kappa shape index (κ2) is 6.71. The fraction of sp³-hybridized carbons (Fsp3) is 0.111. The molecule has 0 atom stereocenters. The van der Waals surface area contributed by atoms with Crippen molar-refractivity contribution in [3.8, 4) is 0 Å². The fourth-order valence-corrected chi connectivity index (χ4v) is 3.20. The summed E-state index contributed by atoms with van der Waals surface area (Å²) in [6.45, 7) is 0.433. The second-order valence-electron chi connectivity index (χ2n) is 5.15. The van der Waals surface area contributed by atoms with Crippen molar-refractivity contribution in [2.45, 2.75) is 16.5 Å². The van der Waals surface area contributed by atoms with Gasteiger partial charge in [-0.2, -0.15) is 0 Å². The van der Waals surface area contributed by atoms with Gasteiger partial charge < -0.3 is 0 Å². The van der Waals surface area contributed by atoms with E-state index in [1.165, 1.54) is 24.9 Å². The molecular formula is C18H16N2O2S. The molecule has 0 amide bonds. The van der Waals surface area contributed by atoms with Gasteiger partial charge in [0.25, 0.3) is 5.56 Å². The van der Waals surface area contributed by atoms with Crippen LogP contribution >= 0.6 is 11.8 Å². The van der Waals surface area contributed by atoms with Crippen LogP contribution in [-0.4, -0.2) is 9.13 Å². The van der Waals surface area contributed by atoms with Gasteiger partial charge in [0, 0.05) is 18.0 Å². The van der Waals surface area contributed by atoms with Gasteiger partial charge in [0.05, 0.1) is 11.6 Å². The summed E-state index contributed by atoms with van der Waals surface area (Å²) >= 11 is 1.42. The van der Waals surface area contributed by atoms with Crippen LogP contribution < -0.4 is 11.2 Å². The molecule has 0 spiro atoms. The first-order valence-electron chi connectivity index (χ1n) is 7.23. The van der Waals surface area contributed by atoms with Crippen molar-refractivity contribution in [2.24, 2.45) is 7.05 Å². The smallest absolute Gasteiger partial charge is 0.283 e. The molecular weight excluding hydrogens is 308 g/mol. The highest BCUT2D eigenvalue weighted by molar-refractivity contribution is 7.99. The lowest BCUT2D eigenvalue weighted by atomic mass is 10.2. The zero-order valence-electron chi connectivity index (χ0n) is 12.7. The number of hydrogen-bond acceptors (Lipinski definition) is 3. The Morgan fingerprint density at radius 2 is 1.52 bits per heavy atom. The summed E-state index contributed by atoms with van der Waals surface area (Å²) < 4.78 is 2.77. The molecule has 3 aromatic rings. The number of nitrogens with zero attached hydrogens (tertiary/aromatic N) is 2. The first-order chi connectivity index (χ1) is 11.1. The van der Waals surface area contributed by atoms with Crippen molar-refractivity contribution in [1.82, 2.24) is 9.13 Å². The lowest BCUT2D eigenvalue weighted by molar-refractivity contribution is 0.595. The Balaban J connectivity index is 2.07. The molecule has 0 saturated carbocycles. The van der Waals surface area contributed by atoms with Gasteiger partial charge in [-0.1, -0.05) is 60.3 Å². The Morgan fingerprint density at radius 3 is 2.17 bits per heavy atom. The lowest BCUT2D eigenvalue weighted by Gasteiger charge is -2.13. The van der Waals surface area contributed by atoms with E-state index in [2.05, 4.69) is 0 Å². The van der Waals surface area contributed by atoms with Crippen LogP contribution in [-0.2, 0) is 13.6 Å². The second-order valence-corrected chi connectivity index (χ2v) is 6.24. The van der Waals surface area contributed by atoms with Crippen LogP contribution in [0.25, 0.3) is 0 Å². The molecule has 0 radical (unpaired) electrons. The van der Waals surface area contributed by atoms with Gasteiger partial charge in [0.2, 0.25) is 0 Å². The van der Waals surface area contributed by atoms with Crippen molar-refractivity contribution < 1.29 is 0 Å². The highest BCUT2D eigenvalue weighted by Gasteiger charge is 2.11. The maximum Gasteiger partial charge on any atom is 0.331 e. The SMILES string of the molecule is Cn1c(=O)cc(Sc2ccccc2)n(Cc2ccccc2)c1=O. The summed E-state index contributed by atoms with van der Waals surface area (Å²) in [5, 5.41) is 0.646. The van der Waals surface area contributed by atoms with Gasteiger partial charge in [0.1, 0.15) is 0 Å². The van der Waals surface area contributed by atoms with E-state index in [-0.39, 0.29) is 11.2 Å². The molecule has 0 unspecified atom stereocenters. The van der Waals surface area contributed by atoms with Gasteiger partial charge in [-0.3, -0.25) is 13.9 Å². The average molecular weight is 324 g/mol. The van der Waals surface area contributed by atoms with E-state index in [9.17, 15) is 9.59 Å². The van der Waals surface area contributed by atoms with Gasteiger partial charge in [-0.05, 0) is 17.7 Å². The molecule has 1 aromatic heterocycles. The third-order valence-electron chi connectivity index (χ3n) is 3.51. The van der Waals surface area contributed by atoms with E-state index >= 15 is 0 Å². The van der Waals surface area contributed by atoms with Gasteiger partial charge in [0.15, 0.2) is 0 Å². The number of rotatable bonds is 4. The molecule has 0 fully saturated rings. The molecule has 23 heavy (non-hydrogen) atoms. The minimum Gasteiger partial charge on any atom is -0.283 e. The van der Waals surface area contributed by atoms with Crippen molar-refractivity contribution in [3.05, 3.63) is 93.1 Å². The minimum absolute atomic E-state index is 0.294. The van der Waals surface area contributed by atoms with E-state index < -0.39 is 0 Å². The highest BCUT2D eigenvalue weighted by Crippen LogP contribution is 2.25. The quantitative estimate of drug-likeness (QED) is 0.693. The van der Waals surface area contributed by atoms with Crippen molar-refractivity contribution in [2.75, 3.05) is 0 Å². The molecule has 3 rings (SSSR count). The molecule has 0 aliphatic carbocycles. The van der Waals surface area contributed by atoms with E-state index in [0.717, 1.165) is 15.0 Å². The summed E-state index contributed by atoms with van der Waals surface area (Å²) in [6.07, 6.45) is 0. The zero-order chi connectivity index (χ0) is 16.2. The summed E-state index contributed by atoms with van der Waals surface area (Å²) in [6, 6.07) is 21.0. The van der Waals surface area contributed by atoms with Gasteiger partial charge in [-0.25, -0.2) is 4.79 Å². The third-order valence-corrected chi connectivity index (χ3v) is 4.57. The largest absolute Gasteiger partial charge is 0.331 e. The van der Waals surface area contributed by atoms with Crippen LogP contribution in [0.1, 0.15) is 5.56 Å². The number of hydrogen-bond donors (Lipinski definition) is 0. The summed E-state index contributed by atoms with van der Waals surface area (Å²) in [5.74, 6) is 0. The molecule has 0 aliphatic heterocycles. The van der Waals surface area contributed by atoms with Crippen LogP contribution in [0.2, 0.25) is 0 Å². The summed E-state index contributed by atoms with van der Waals surface area (Å²) in [4.78, 5) is 25.5. The van der Waals surface area contributed by atoms with E-state index in [1.54, 1.807) is 4.57 Å². The van der Waals surface area contributed by atoms with E-state index in [1.807, 2.05) is 60.7 Å². The van der Waals surface area contributed by atoms with Crippen LogP contribution in [0.3, 0.4) is 0 Å². The Hall–Kier alpha value is -2.53. The van der Waals surface area contributed by atoms with Crippen LogP contribution in [0.15, 0.2) is 86.2 Å². The van der Waals surface area contributed by atoms with Gasteiger partial charge >= 0.3 is 5.69 Å². The van der Waals surface area contributed by atoms with E-state index in [4.69, 9.17) is 0 Å².